The van der Waals surface area contributed by atoms with Crippen molar-refractivity contribution in [3.63, 3.8) is 0 Å². The van der Waals surface area contributed by atoms with E-state index in [1.54, 1.807) is 0 Å². The molecule has 17 heavy (non-hydrogen) atoms. The predicted molar refractivity (Wildman–Crippen MR) is 61.8 cm³/mol. The fourth-order valence-corrected chi connectivity index (χ4v) is 1.36. The molecule has 7 heteroatoms. The lowest BCUT2D eigenvalue weighted by atomic mass is 10.2. The molecule has 0 amide bonds. The van der Waals surface area contributed by atoms with Gasteiger partial charge in [0.1, 0.15) is 12.2 Å². The highest BCUT2D eigenvalue weighted by Gasteiger charge is 2.08. The van der Waals surface area contributed by atoms with Gasteiger partial charge in [0, 0.05) is 12.0 Å². The molecule has 3 N–H and O–H groups in total. The molecule has 0 spiro atoms. The normalized spacial score (nSPS) is 11.1. The fourth-order valence-electron chi connectivity index (χ4n) is 1.36. The molecule has 0 unspecified atom stereocenters. The molecule has 0 saturated carbocycles. The zero-order valence-electron chi connectivity index (χ0n) is 9.71. The molecular formula is C10H14N6O. The van der Waals surface area contributed by atoms with Crippen LogP contribution >= 0.6 is 0 Å². The smallest absolute Gasteiger partial charge is 0.253 e. The van der Waals surface area contributed by atoms with Crippen molar-refractivity contribution < 1.29 is 0 Å². The summed E-state index contributed by atoms with van der Waals surface area (Å²) in [5, 5.41) is 4.11. The highest BCUT2D eigenvalue weighted by atomic mass is 16.1. The van der Waals surface area contributed by atoms with Gasteiger partial charge in [-0.2, -0.15) is 0 Å². The van der Waals surface area contributed by atoms with Crippen LogP contribution in [0.4, 0.5) is 0 Å². The molecule has 2 rings (SSSR count). The first kappa shape index (κ1) is 11.5. The fraction of sp³-hybridized carbons (Fsp3) is 0.400. The Kier molecular flexibility index (Phi) is 3.01. The third-order valence-corrected chi connectivity index (χ3v) is 2.25. The van der Waals surface area contributed by atoms with Gasteiger partial charge in [0.25, 0.3) is 5.56 Å². The second-order valence-electron chi connectivity index (χ2n) is 3.95. The van der Waals surface area contributed by atoms with Crippen molar-refractivity contribution in [3.05, 3.63) is 34.4 Å². The van der Waals surface area contributed by atoms with E-state index in [4.69, 9.17) is 5.73 Å². The highest BCUT2D eigenvalue weighted by molar-refractivity contribution is 5.19. The van der Waals surface area contributed by atoms with Crippen molar-refractivity contribution in [1.29, 1.82) is 0 Å². The Labute approximate surface area is 97.7 Å². The molecule has 0 aromatic carbocycles. The van der Waals surface area contributed by atoms with Gasteiger partial charge in [-0.1, -0.05) is 13.8 Å². The Morgan fingerprint density at radius 1 is 1.53 bits per heavy atom. The van der Waals surface area contributed by atoms with Crippen LogP contribution in [0.25, 0.3) is 5.82 Å². The van der Waals surface area contributed by atoms with E-state index >= 15 is 0 Å². The van der Waals surface area contributed by atoms with Gasteiger partial charge in [-0.05, 0) is 0 Å². The lowest BCUT2D eigenvalue weighted by Gasteiger charge is -2.05. The molecule has 0 saturated heterocycles. The highest BCUT2D eigenvalue weighted by Crippen LogP contribution is 2.08. The number of nitrogens with zero attached hydrogens (tertiary/aromatic N) is 4. The van der Waals surface area contributed by atoms with Crippen LogP contribution in [0, 0.1) is 0 Å². The number of hydrogen-bond acceptors (Lipinski definition) is 5. The minimum absolute atomic E-state index is 0.139. The van der Waals surface area contributed by atoms with Crippen LogP contribution in [0.1, 0.15) is 31.4 Å². The Morgan fingerprint density at radius 3 is 2.88 bits per heavy atom. The summed E-state index contributed by atoms with van der Waals surface area (Å²) in [6.45, 7) is 4.16. The zero-order chi connectivity index (χ0) is 12.4. The Bertz CT molecular complexity index is 570. The van der Waals surface area contributed by atoms with Crippen LogP contribution < -0.4 is 11.3 Å². The summed E-state index contributed by atoms with van der Waals surface area (Å²) in [6.07, 6.45) is 1.49. The minimum atomic E-state index is -0.205. The first-order valence-corrected chi connectivity index (χ1v) is 5.32. The van der Waals surface area contributed by atoms with Gasteiger partial charge in [-0.25, -0.2) is 14.6 Å². The Balaban J connectivity index is 2.48. The molecule has 0 aliphatic carbocycles. The first-order chi connectivity index (χ1) is 8.10. The number of aromatic nitrogens is 5. The van der Waals surface area contributed by atoms with Gasteiger partial charge < -0.3 is 10.7 Å². The van der Waals surface area contributed by atoms with E-state index in [1.807, 2.05) is 13.8 Å². The number of rotatable bonds is 3. The van der Waals surface area contributed by atoms with E-state index < -0.39 is 0 Å². The van der Waals surface area contributed by atoms with Crippen LogP contribution in [0.2, 0.25) is 0 Å². The van der Waals surface area contributed by atoms with Crippen LogP contribution in [0.5, 0.6) is 0 Å². The quantitative estimate of drug-likeness (QED) is 0.774. The van der Waals surface area contributed by atoms with Crippen LogP contribution in [-0.4, -0.2) is 24.7 Å². The Hall–Kier alpha value is -2.02. The molecule has 0 aliphatic rings. The summed E-state index contributed by atoms with van der Waals surface area (Å²) in [7, 11) is 0. The monoisotopic (exact) mass is 234 g/mol. The molecule has 2 aromatic heterocycles. The first-order valence-electron chi connectivity index (χ1n) is 5.32. The lowest BCUT2D eigenvalue weighted by Crippen LogP contribution is -2.15. The third kappa shape index (κ3) is 2.39. The second kappa shape index (κ2) is 4.46. The lowest BCUT2D eigenvalue weighted by molar-refractivity contribution is 0.732. The van der Waals surface area contributed by atoms with Crippen LogP contribution in [-0.2, 0) is 6.54 Å². The molecule has 0 radical (unpaired) electrons. The molecule has 90 valence electrons. The van der Waals surface area contributed by atoms with Crippen molar-refractivity contribution in [2.24, 2.45) is 5.73 Å². The number of nitrogens with one attached hydrogen (secondary N) is 1. The maximum atomic E-state index is 11.5. The minimum Gasteiger partial charge on any atom is -0.324 e. The molecule has 7 nitrogen and oxygen atoms in total. The van der Waals surface area contributed by atoms with E-state index in [0.29, 0.717) is 17.5 Å². The van der Waals surface area contributed by atoms with Crippen molar-refractivity contribution >= 4 is 0 Å². The van der Waals surface area contributed by atoms with Crippen molar-refractivity contribution in [3.8, 4) is 5.82 Å². The maximum absolute atomic E-state index is 11.5. The third-order valence-electron chi connectivity index (χ3n) is 2.25. The van der Waals surface area contributed by atoms with E-state index in [1.165, 1.54) is 17.1 Å². The van der Waals surface area contributed by atoms with Gasteiger partial charge in [0.05, 0.1) is 6.54 Å². The van der Waals surface area contributed by atoms with Gasteiger partial charge in [-0.15, -0.1) is 5.10 Å². The summed E-state index contributed by atoms with van der Waals surface area (Å²) in [5.74, 6) is 1.72. The number of nitrogens with two attached hydrogens (primary N) is 1. The summed E-state index contributed by atoms with van der Waals surface area (Å²) in [5.41, 5.74) is 5.22. The molecule has 2 heterocycles. The summed E-state index contributed by atoms with van der Waals surface area (Å²) >= 11 is 0. The topological polar surface area (TPSA) is 102 Å². The summed E-state index contributed by atoms with van der Waals surface area (Å²) < 4.78 is 1.45. The SMILES string of the molecule is CC(C)c1nc(-n2cnc(CN)n2)cc(=O)[nH]1. The second-order valence-corrected chi connectivity index (χ2v) is 3.95. The van der Waals surface area contributed by atoms with E-state index in [0.717, 1.165) is 0 Å². The number of hydrogen-bond donors (Lipinski definition) is 2. The average Bonchev–Trinajstić information content (AvgIpc) is 2.76. The van der Waals surface area contributed by atoms with Crippen LogP contribution in [0.3, 0.4) is 0 Å². The molecule has 0 atom stereocenters. The number of H-pyrrole nitrogens is 1. The summed E-state index contributed by atoms with van der Waals surface area (Å²) in [6, 6.07) is 1.38. The molecule has 0 bridgehead atoms. The molecular weight excluding hydrogens is 220 g/mol. The summed E-state index contributed by atoms with van der Waals surface area (Å²) in [4.78, 5) is 22.5. The molecule has 0 fully saturated rings. The van der Waals surface area contributed by atoms with E-state index in [9.17, 15) is 4.79 Å². The van der Waals surface area contributed by atoms with Gasteiger partial charge in [0.15, 0.2) is 11.6 Å². The van der Waals surface area contributed by atoms with Gasteiger partial charge in [0.2, 0.25) is 0 Å². The van der Waals surface area contributed by atoms with Crippen molar-refractivity contribution in [1.82, 2.24) is 24.7 Å². The average molecular weight is 234 g/mol. The van der Waals surface area contributed by atoms with Gasteiger partial charge in [-0.3, -0.25) is 4.79 Å². The van der Waals surface area contributed by atoms with E-state index in [-0.39, 0.29) is 18.0 Å². The molecule has 2 aromatic rings. The zero-order valence-corrected chi connectivity index (χ0v) is 9.71. The molecule has 0 aliphatic heterocycles. The number of aromatic amines is 1. The van der Waals surface area contributed by atoms with Crippen molar-refractivity contribution in [2.45, 2.75) is 26.3 Å². The van der Waals surface area contributed by atoms with Crippen molar-refractivity contribution in [2.75, 3.05) is 0 Å². The predicted octanol–water partition coefficient (Wildman–Crippen LogP) is -0.0673. The van der Waals surface area contributed by atoms with E-state index in [2.05, 4.69) is 20.1 Å². The van der Waals surface area contributed by atoms with Gasteiger partial charge >= 0.3 is 0 Å². The van der Waals surface area contributed by atoms with Crippen LogP contribution in [0.15, 0.2) is 17.2 Å². The largest absolute Gasteiger partial charge is 0.324 e. The standard InChI is InChI=1S/C10H14N6O/c1-6(2)10-13-8(3-9(17)14-10)16-5-12-7(4-11)15-16/h3,5-6H,4,11H2,1-2H3,(H,13,14,17). The Morgan fingerprint density at radius 2 is 2.29 bits per heavy atom. The maximum Gasteiger partial charge on any atom is 0.253 e.